The van der Waals surface area contributed by atoms with E-state index in [1.165, 1.54) is 10.7 Å². The molecule has 25 heavy (non-hydrogen) atoms. The minimum Gasteiger partial charge on any atom is -0.324 e. The van der Waals surface area contributed by atoms with Gasteiger partial charge in [0.1, 0.15) is 11.6 Å². The molecule has 0 saturated carbocycles. The van der Waals surface area contributed by atoms with Crippen LogP contribution in [0.2, 0.25) is 0 Å². The Morgan fingerprint density at radius 3 is 2.52 bits per heavy atom. The summed E-state index contributed by atoms with van der Waals surface area (Å²) in [6.07, 6.45) is 4.82. The van der Waals surface area contributed by atoms with Crippen molar-refractivity contribution < 1.29 is 0 Å². The van der Waals surface area contributed by atoms with E-state index in [1.54, 1.807) is 12.4 Å². The molecule has 0 atom stereocenters. The predicted octanol–water partition coefficient (Wildman–Crippen LogP) is 2.88. The van der Waals surface area contributed by atoms with E-state index in [9.17, 15) is 5.26 Å². The summed E-state index contributed by atoms with van der Waals surface area (Å²) in [7, 11) is 0. The lowest BCUT2D eigenvalue weighted by Gasteiger charge is -2.10. The molecule has 0 unspecified atom stereocenters. The van der Waals surface area contributed by atoms with E-state index in [4.69, 9.17) is 0 Å². The van der Waals surface area contributed by atoms with Gasteiger partial charge in [-0.15, -0.1) is 0 Å². The van der Waals surface area contributed by atoms with E-state index >= 15 is 0 Å². The molecule has 0 fully saturated rings. The SMILES string of the molecule is N#Cc1cnn2c(Nc3ccccc3)nc(Nc3cccnc3)nc12. The molecule has 0 aliphatic heterocycles. The van der Waals surface area contributed by atoms with Crippen molar-refractivity contribution in [2.75, 3.05) is 10.6 Å². The van der Waals surface area contributed by atoms with E-state index in [1.807, 2.05) is 42.5 Å². The molecular weight excluding hydrogens is 316 g/mol. The Kier molecular flexibility index (Phi) is 3.65. The highest BCUT2D eigenvalue weighted by Crippen LogP contribution is 2.20. The molecule has 0 radical (unpaired) electrons. The van der Waals surface area contributed by atoms with E-state index in [-0.39, 0.29) is 0 Å². The molecule has 2 N–H and O–H groups in total. The van der Waals surface area contributed by atoms with E-state index in [0.29, 0.717) is 23.1 Å². The second-order valence-electron chi connectivity index (χ2n) is 5.13. The first-order valence-corrected chi connectivity index (χ1v) is 7.48. The van der Waals surface area contributed by atoms with Gasteiger partial charge in [-0.3, -0.25) is 4.98 Å². The number of nitrogens with zero attached hydrogens (tertiary/aromatic N) is 6. The molecule has 1 aromatic carbocycles. The van der Waals surface area contributed by atoms with Gasteiger partial charge in [0.25, 0.3) is 0 Å². The highest BCUT2D eigenvalue weighted by Gasteiger charge is 2.13. The maximum Gasteiger partial charge on any atom is 0.233 e. The zero-order valence-electron chi connectivity index (χ0n) is 13.0. The lowest BCUT2D eigenvalue weighted by Crippen LogP contribution is -2.08. The molecule has 120 valence electrons. The minimum absolute atomic E-state index is 0.343. The van der Waals surface area contributed by atoms with E-state index in [0.717, 1.165) is 11.4 Å². The van der Waals surface area contributed by atoms with Crippen LogP contribution < -0.4 is 10.6 Å². The number of para-hydroxylation sites is 1. The molecule has 3 aromatic heterocycles. The third-order valence-corrected chi connectivity index (χ3v) is 3.44. The summed E-state index contributed by atoms with van der Waals surface area (Å²) in [6.45, 7) is 0. The maximum atomic E-state index is 9.27. The van der Waals surface area contributed by atoms with Crippen LogP contribution in [0.1, 0.15) is 5.56 Å². The lowest BCUT2D eigenvalue weighted by atomic mass is 10.3. The predicted molar refractivity (Wildman–Crippen MR) is 92.7 cm³/mol. The van der Waals surface area contributed by atoms with Crippen LogP contribution in [0, 0.1) is 11.3 Å². The fourth-order valence-electron chi connectivity index (χ4n) is 2.31. The van der Waals surface area contributed by atoms with Gasteiger partial charge in [0.15, 0.2) is 5.65 Å². The summed E-state index contributed by atoms with van der Waals surface area (Å²) in [4.78, 5) is 12.9. The maximum absolute atomic E-state index is 9.27. The van der Waals surface area contributed by atoms with Gasteiger partial charge >= 0.3 is 0 Å². The topological polar surface area (TPSA) is 104 Å². The zero-order chi connectivity index (χ0) is 17.1. The van der Waals surface area contributed by atoms with Gasteiger partial charge in [0.05, 0.1) is 18.1 Å². The number of nitriles is 1. The minimum atomic E-state index is 0.343. The number of hydrogen-bond donors (Lipinski definition) is 2. The largest absolute Gasteiger partial charge is 0.324 e. The third-order valence-electron chi connectivity index (χ3n) is 3.44. The van der Waals surface area contributed by atoms with Crippen molar-refractivity contribution in [2.24, 2.45) is 0 Å². The average molecular weight is 328 g/mol. The standard InChI is InChI=1S/C17H12N8/c18-9-12-10-20-25-15(12)23-16(21-14-7-4-8-19-11-14)24-17(25)22-13-5-2-1-3-6-13/h1-8,10-11H,(H2,21,22,23,24). The molecule has 0 saturated heterocycles. The van der Waals surface area contributed by atoms with Gasteiger partial charge in [-0.05, 0) is 24.3 Å². The number of anilines is 4. The number of aromatic nitrogens is 5. The number of fused-ring (bicyclic) bond motifs is 1. The molecule has 0 bridgehead atoms. The van der Waals surface area contributed by atoms with Crippen LogP contribution in [0.25, 0.3) is 5.65 Å². The molecule has 0 amide bonds. The van der Waals surface area contributed by atoms with Crippen LogP contribution in [0.5, 0.6) is 0 Å². The number of nitrogens with one attached hydrogen (secondary N) is 2. The summed E-state index contributed by atoms with van der Waals surface area (Å²) in [5.74, 6) is 0.792. The number of hydrogen-bond acceptors (Lipinski definition) is 7. The first kappa shape index (κ1) is 14.6. The molecule has 3 heterocycles. The van der Waals surface area contributed by atoms with Crippen molar-refractivity contribution in [1.82, 2.24) is 24.6 Å². The Hall–Kier alpha value is -3.99. The lowest BCUT2D eigenvalue weighted by molar-refractivity contribution is 0.907. The van der Waals surface area contributed by atoms with Crippen LogP contribution >= 0.6 is 0 Å². The summed E-state index contributed by atoms with van der Waals surface area (Å²) < 4.78 is 1.50. The Balaban J connectivity index is 1.80. The summed E-state index contributed by atoms with van der Waals surface area (Å²) in [5, 5.41) is 19.8. The molecular formula is C17H12N8. The normalized spacial score (nSPS) is 10.4. The number of pyridine rings is 1. The Morgan fingerprint density at radius 2 is 1.76 bits per heavy atom. The number of benzene rings is 1. The Bertz CT molecular complexity index is 1050. The summed E-state index contributed by atoms with van der Waals surface area (Å²) in [5.41, 5.74) is 2.38. The van der Waals surface area contributed by atoms with Crippen molar-refractivity contribution in [3.8, 4) is 6.07 Å². The zero-order valence-corrected chi connectivity index (χ0v) is 13.0. The summed E-state index contributed by atoms with van der Waals surface area (Å²) >= 11 is 0. The second kappa shape index (κ2) is 6.25. The van der Waals surface area contributed by atoms with Gasteiger partial charge in [0.2, 0.25) is 11.9 Å². The van der Waals surface area contributed by atoms with Gasteiger partial charge in [-0.25, -0.2) is 0 Å². The van der Waals surface area contributed by atoms with Crippen molar-refractivity contribution in [3.63, 3.8) is 0 Å². The van der Waals surface area contributed by atoms with Gasteiger partial charge in [0, 0.05) is 11.9 Å². The molecule has 8 heteroatoms. The van der Waals surface area contributed by atoms with Gasteiger partial charge < -0.3 is 10.6 Å². The van der Waals surface area contributed by atoms with Crippen LogP contribution in [0.15, 0.2) is 61.1 Å². The highest BCUT2D eigenvalue weighted by molar-refractivity contribution is 5.64. The Labute approximate surface area is 142 Å². The third kappa shape index (κ3) is 2.94. The van der Waals surface area contributed by atoms with Crippen molar-refractivity contribution >= 4 is 28.9 Å². The first-order valence-electron chi connectivity index (χ1n) is 7.48. The molecule has 0 aliphatic rings. The van der Waals surface area contributed by atoms with Crippen LogP contribution in [0.4, 0.5) is 23.3 Å². The molecule has 4 rings (SSSR count). The molecule has 0 aliphatic carbocycles. The fraction of sp³-hybridized carbons (Fsp3) is 0. The second-order valence-corrected chi connectivity index (χ2v) is 5.13. The van der Waals surface area contributed by atoms with E-state index < -0.39 is 0 Å². The Morgan fingerprint density at radius 1 is 0.920 bits per heavy atom. The smallest absolute Gasteiger partial charge is 0.233 e. The van der Waals surface area contributed by atoms with E-state index in [2.05, 4.69) is 36.8 Å². The van der Waals surface area contributed by atoms with Gasteiger partial charge in [-0.2, -0.15) is 24.8 Å². The monoisotopic (exact) mass is 328 g/mol. The molecule has 4 aromatic rings. The van der Waals surface area contributed by atoms with Gasteiger partial charge in [-0.1, -0.05) is 18.2 Å². The van der Waals surface area contributed by atoms with Crippen molar-refractivity contribution in [3.05, 3.63) is 66.6 Å². The fourth-order valence-corrected chi connectivity index (χ4v) is 2.31. The van der Waals surface area contributed by atoms with Crippen LogP contribution in [0.3, 0.4) is 0 Å². The number of rotatable bonds is 4. The molecule has 8 nitrogen and oxygen atoms in total. The van der Waals surface area contributed by atoms with Crippen LogP contribution in [-0.4, -0.2) is 24.6 Å². The van der Waals surface area contributed by atoms with Crippen molar-refractivity contribution in [2.45, 2.75) is 0 Å². The van der Waals surface area contributed by atoms with Crippen molar-refractivity contribution in [1.29, 1.82) is 5.26 Å². The summed E-state index contributed by atoms with van der Waals surface area (Å²) in [6, 6.07) is 15.3. The van der Waals surface area contributed by atoms with Crippen LogP contribution in [-0.2, 0) is 0 Å². The highest BCUT2D eigenvalue weighted by atomic mass is 15.4. The first-order chi connectivity index (χ1) is 12.3. The molecule has 0 spiro atoms. The average Bonchev–Trinajstić information content (AvgIpc) is 3.07. The quantitative estimate of drug-likeness (QED) is 0.593.